The van der Waals surface area contributed by atoms with E-state index >= 15 is 0 Å². The lowest BCUT2D eigenvalue weighted by atomic mass is 10.1. The van der Waals surface area contributed by atoms with Crippen molar-refractivity contribution in [3.63, 3.8) is 0 Å². The number of hydrogen-bond donors (Lipinski definition) is 0. The fraction of sp³-hybridized carbons (Fsp3) is 0.350. The zero-order chi connectivity index (χ0) is 18.7. The lowest BCUT2D eigenvalue weighted by Gasteiger charge is -2.39. The molecule has 0 N–H and O–H groups in total. The molecule has 1 saturated heterocycles. The van der Waals surface area contributed by atoms with Gasteiger partial charge in [-0.15, -0.1) is 0 Å². The molecule has 0 saturated carbocycles. The summed E-state index contributed by atoms with van der Waals surface area (Å²) >= 11 is 5.88. The molecule has 3 rings (SSSR count). The summed E-state index contributed by atoms with van der Waals surface area (Å²) in [4.78, 5) is 16.9. The first kappa shape index (κ1) is 18.5. The fourth-order valence-electron chi connectivity index (χ4n) is 3.04. The predicted molar refractivity (Wildman–Crippen MR) is 101 cm³/mol. The molecule has 1 aliphatic rings. The quantitative estimate of drug-likeness (QED) is 0.809. The molecular formula is C20H22ClFN2O2. The Morgan fingerprint density at radius 2 is 1.58 bits per heavy atom. The van der Waals surface area contributed by atoms with E-state index in [2.05, 4.69) is 4.90 Å². The van der Waals surface area contributed by atoms with Crippen molar-refractivity contribution in [2.45, 2.75) is 19.4 Å². The molecule has 0 bridgehead atoms. The smallest absolute Gasteiger partial charge is 0.266 e. The average Bonchev–Trinajstić information content (AvgIpc) is 2.64. The minimum atomic E-state index is -0.966. The summed E-state index contributed by atoms with van der Waals surface area (Å²) in [7, 11) is 0. The van der Waals surface area contributed by atoms with E-state index < -0.39 is 5.60 Å². The van der Waals surface area contributed by atoms with Crippen LogP contribution in [0.5, 0.6) is 5.75 Å². The molecule has 6 heteroatoms. The second kappa shape index (κ2) is 7.54. The lowest BCUT2D eigenvalue weighted by molar-refractivity contribution is -0.145. The number of anilines is 1. The van der Waals surface area contributed by atoms with Crippen molar-refractivity contribution in [3.05, 3.63) is 59.4 Å². The molecule has 138 valence electrons. The first-order valence-corrected chi connectivity index (χ1v) is 8.97. The molecule has 1 aliphatic heterocycles. The van der Waals surface area contributed by atoms with Crippen LogP contribution in [-0.2, 0) is 4.79 Å². The van der Waals surface area contributed by atoms with Gasteiger partial charge in [-0.2, -0.15) is 0 Å². The first-order valence-electron chi connectivity index (χ1n) is 8.60. The van der Waals surface area contributed by atoms with Gasteiger partial charge in [-0.05, 0) is 62.4 Å². The summed E-state index contributed by atoms with van der Waals surface area (Å²) in [5.74, 6) is 0.313. The van der Waals surface area contributed by atoms with Crippen molar-refractivity contribution in [2.24, 2.45) is 0 Å². The maximum Gasteiger partial charge on any atom is 0.266 e. The lowest BCUT2D eigenvalue weighted by Crippen LogP contribution is -2.55. The van der Waals surface area contributed by atoms with Crippen LogP contribution < -0.4 is 9.64 Å². The molecule has 0 spiro atoms. The average molecular weight is 377 g/mol. The summed E-state index contributed by atoms with van der Waals surface area (Å²) < 4.78 is 19.0. The van der Waals surface area contributed by atoms with Gasteiger partial charge in [0.15, 0.2) is 5.60 Å². The van der Waals surface area contributed by atoms with Crippen LogP contribution in [0.3, 0.4) is 0 Å². The zero-order valence-electron chi connectivity index (χ0n) is 14.9. The highest BCUT2D eigenvalue weighted by molar-refractivity contribution is 6.30. The Morgan fingerprint density at radius 1 is 1.00 bits per heavy atom. The summed E-state index contributed by atoms with van der Waals surface area (Å²) in [5.41, 5.74) is 0.00136. The van der Waals surface area contributed by atoms with E-state index in [9.17, 15) is 9.18 Å². The van der Waals surface area contributed by atoms with Gasteiger partial charge in [0.25, 0.3) is 5.91 Å². The Kier molecular flexibility index (Phi) is 5.37. The zero-order valence-corrected chi connectivity index (χ0v) is 15.7. The maximum absolute atomic E-state index is 13.1. The van der Waals surface area contributed by atoms with E-state index in [-0.39, 0.29) is 11.7 Å². The molecule has 1 amide bonds. The van der Waals surface area contributed by atoms with Crippen molar-refractivity contribution in [1.82, 2.24) is 4.90 Å². The number of rotatable bonds is 4. The Labute approximate surface area is 158 Å². The van der Waals surface area contributed by atoms with Crippen LogP contribution in [0.4, 0.5) is 10.1 Å². The number of hydrogen-bond acceptors (Lipinski definition) is 3. The van der Waals surface area contributed by atoms with Gasteiger partial charge in [0.05, 0.1) is 0 Å². The summed E-state index contributed by atoms with van der Waals surface area (Å²) in [6.45, 7) is 6.16. The standard InChI is InChI=1S/C20H22ClFN2O2/c1-20(2,26-18-9-3-15(21)4-10-18)19(25)24-13-11-23(12-14-24)17-7-5-16(22)6-8-17/h3-10H,11-14H2,1-2H3. The van der Waals surface area contributed by atoms with E-state index in [0.29, 0.717) is 37.0 Å². The monoisotopic (exact) mass is 376 g/mol. The van der Waals surface area contributed by atoms with Crippen LogP contribution in [0, 0.1) is 5.82 Å². The van der Waals surface area contributed by atoms with E-state index in [1.165, 1.54) is 12.1 Å². The third-order valence-corrected chi connectivity index (χ3v) is 4.71. The van der Waals surface area contributed by atoms with E-state index in [0.717, 1.165) is 5.69 Å². The number of nitrogens with zero attached hydrogens (tertiary/aromatic N) is 2. The van der Waals surface area contributed by atoms with Gasteiger partial charge in [0.2, 0.25) is 0 Å². The number of halogens is 2. The molecule has 1 heterocycles. The van der Waals surface area contributed by atoms with Crippen molar-refractivity contribution in [1.29, 1.82) is 0 Å². The van der Waals surface area contributed by atoms with Gasteiger partial charge >= 0.3 is 0 Å². The van der Waals surface area contributed by atoms with Crippen LogP contribution in [0.1, 0.15) is 13.8 Å². The Balaban J connectivity index is 1.60. The topological polar surface area (TPSA) is 32.8 Å². The molecule has 0 atom stereocenters. The van der Waals surface area contributed by atoms with Crippen molar-refractivity contribution < 1.29 is 13.9 Å². The molecule has 0 aromatic heterocycles. The van der Waals surface area contributed by atoms with Gasteiger partial charge in [0.1, 0.15) is 11.6 Å². The van der Waals surface area contributed by atoms with Crippen molar-refractivity contribution >= 4 is 23.2 Å². The number of carbonyl (C=O) groups is 1. The molecule has 2 aromatic carbocycles. The van der Waals surface area contributed by atoms with E-state index in [4.69, 9.17) is 16.3 Å². The van der Waals surface area contributed by atoms with Crippen LogP contribution in [0.15, 0.2) is 48.5 Å². The van der Waals surface area contributed by atoms with Gasteiger partial charge in [-0.3, -0.25) is 4.79 Å². The molecule has 26 heavy (non-hydrogen) atoms. The number of amides is 1. The Morgan fingerprint density at radius 3 is 2.15 bits per heavy atom. The molecule has 0 aliphatic carbocycles. The number of ether oxygens (including phenoxy) is 1. The number of piperazine rings is 1. The second-order valence-electron chi connectivity index (χ2n) is 6.82. The second-order valence-corrected chi connectivity index (χ2v) is 7.26. The molecular weight excluding hydrogens is 355 g/mol. The van der Waals surface area contributed by atoms with Gasteiger partial charge < -0.3 is 14.5 Å². The SMILES string of the molecule is CC(C)(Oc1ccc(Cl)cc1)C(=O)N1CCN(c2ccc(F)cc2)CC1. The highest BCUT2D eigenvalue weighted by Gasteiger charge is 2.35. The largest absolute Gasteiger partial charge is 0.478 e. The molecule has 2 aromatic rings. The fourth-order valence-corrected chi connectivity index (χ4v) is 3.17. The van der Waals surface area contributed by atoms with Crippen LogP contribution in [0.25, 0.3) is 0 Å². The summed E-state index contributed by atoms with van der Waals surface area (Å²) in [6, 6.07) is 13.4. The minimum absolute atomic E-state index is 0.0498. The Bertz CT molecular complexity index is 754. The number of carbonyl (C=O) groups excluding carboxylic acids is 1. The molecule has 4 nitrogen and oxygen atoms in total. The van der Waals surface area contributed by atoms with Crippen LogP contribution in [-0.4, -0.2) is 42.6 Å². The van der Waals surface area contributed by atoms with Crippen LogP contribution >= 0.6 is 11.6 Å². The highest BCUT2D eigenvalue weighted by Crippen LogP contribution is 2.24. The first-order chi connectivity index (χ1) is 12.3. The molecule has 0 unspecified atom stereocenters. The Hall–Kier alpha value is -2.27. The van der Waals surface area contributed by atoms with E-state index in [1.54, 1.807) is 50.2 Å². The van der Waals surface area contributed by atoms with Gasteiger partial charge in [0, 0.05) is 36.9 Å². The molecule has 1 fully saturated rings. The minimum Gasteiger partial charge on any atom is -0.478 e. The highest BCUT2D eigenvalue weighted by atomic mass is 35.5. The van der Waals surface area contributed by atoms with Gasteiger partial charge in [-0.1, -0.05) is 11.6 Å². The molecule has 0 radical (unpaired) electrons. The normalized spacial score (nSPS) is 15.1. The third kappa shape index (κ3) is 4.28. The van der Waals surface area contributed by atoms with Crippen molar-refractivity contribution in [2.75, 3.05) is 31.1 Å². The van der Waals surface area contributed by atoms with Crippen LogP contribution in [0.2, 0.25) is 5.02 Å². The summed E-state index contributed by atoms with van der Waals surface area (Å²) in [5, 5.41) is 0.624. The van der Waals surface area contributed by atoms with E-state index in [1.807, 2.05) is 4.90 Å². The summed E-state index contributed by atoms with van der Waals surface area (Å²) in [6.07, 6.45) is 0. The predicted octanol–water partition coefficient (Wildman–Crippen LogP) is 3.99. The maximum atomic E-state index is 13.1. The van der Waals surface area contributed by atoms with Gasteiger partial charge in [-0.25, -0.2) is 4.39 Å². The van der Waals surface area contributed by atoms with Crippen molar-refractivity contribution in [3.8, 4) is 5.75 Å². The number of benzene rings is 2. The third-order valence-electron chi connectivity index (χ3n) is 4.46.